The number of hydrogen-bond acceptors (Lipinski definition) is 6. The van der Waals surface area contributed by atoms with Crippen LogP contribution in [0, 0.1) is 13.8 Å². The molecule has 0 bridgehead atoms. The minimum absolute atomic E-state index is 0.0349. The molecule has 3 aromatic carbocycles. The first kappa shape index (κ1) is 26.6. The van der Waals surface area contributed by atoms with Crippen LogP contribution in [-0.2, 0) is 14.3 Å². The number of nitrogens with zero attached hydrogens (tertiary/aromatic N) is 1. The first-order valence-corrected chi connectivity index (χ1v) is 12.4. The number of carbonyl (C=O) groups is 4. The molecule has 0 atom stereocenters. The predicted octanol–water partition coefficient (Wildman–Crippen LogP) is 5.56. The van der Waals surface area contributed by atoms with Gasteiger partial charge in [0.05, 0.1) is 17.9 Å². The Morgan fingerprint density at radius 3 is 2.16 bits per heavy atom. The molecular weight excluding hydrogens is 506 g/mol. The molecule has 9 heteroatoms. The van der Waals surface area contributed by atoms with Crippen molar-refractivity contribution in [3.05, 3.63) is 99.7 Å². The van der Waals surface area contributed by atoms with Crippen molar-refractivity contribution in [1.82, 2.24) is 0 Å². The molecule has 0 spiro atoms. The molecular formula is C29H26ClN3O5. The second-order valence-electron chi connectivity index (χ2n) is 8.72. The SMILES string of the molecule is CCCOC(=O)c1ccc(NC(=O)c2ccc(NC3=C(Cl)C(=O)N(c4cccc(C)c4C)C3=O)cc2)cc1. The zero-order chi connectivity index (χ0) is 27.4. The number of amides is 3. The summed E-state index contributed by atoms with van der Waals surface area (Å²) in [5.74, 6) is -1.93. The zero-order valence-corrected chi connectivity index (χ0v) is 21.9. The van der Waals surface area contributed by atoms with E-state index in [1.54, 1.807) is 60.7 Å². The van der Waals surface area contributed by atoms with Crippen molar-refractivity contribution in [1.29, 1.82) is 0 Å². The summed E-state index contributed by atoms with van der Waals surface area (Å²) in [6.07, 6.45) is 0.735. The van der Waals surface area contributed by atoms with E-state index in [0.717, 1.165) is 22.4 Å². The van der Waals surface area contributed by atoms with Crippen molar-refractivity contribution in [3.8, 4) is 0 Å². The molecule has 194 valence electrons. The maximum atomic E-state index is 13.1. The van der Waals surface area contributed by atoms with Gasteiger partial charge in [-0.25, -0.2) is 9.69 Å². The van der Waals surface area contributed by atoms with E-state index in [1.165, 1.54) is 0 Å². The number of aryl methyl sites for hydroxylation is 1. The van der Waals surface area contributed by atoms with Gasteiger partial charge in [0.15, 0.2) is 0 Å². The molecule has 2 N–H and O–H groups in total. The van der Waals surface area contributed by atoms with E-state index in [1.807, 2.05) is 26.8 Å². The highest BCUT2D eigenvalue weighted by atomic mass is 35.5. The van der Waals surface area contributed by atoms with E-state index in [4.69, 9.17) is 16.3 Å². The summed E-state index contributed by atoms with van der Waals surface area (Å²) in [5, 5.41) is 5.47. The van der Waals surface area contributed by atoms with Crippen LogP contribution >= 0.6 is 11.6 Å². The first-order chi connectivity index (χ1) is 18.2. The molecule has 0 aromatic heterocycles. The lowest BCUT2D eigenvalue weighted by molar-refractivity contribution is -0.120. The molecule has 1 aliphatic rings. The Bertz CT molecular complexity index is 1450. The lowest BCUT2D eigenvalue weighted by Gasteiger charge is -2.18. The third-order valence-electron chi connectivity index (χ3n) is 6.08. The highest BCUT2D eigenvalue weighted by Gasteiger charge is 2.39. The van der Waals surface area contributed by atoms with E-state index in [-0.39, 0.29) is 16.6 Å². The third kappa shape index (κ3) is 5.45. The van der Waals surface area contributed by atoms with Crippen molar-refractivity contribution in [3.63, 3.8) is 0 Å². The summed E-state index contributed by atoms with van der Waals surface area (Å²) in [6.45, 7) is 6.00. The molecule has 0 saturated carbocycles. The van der Waals surface area contributed by atoms with Crippen molar-refractivity contribution >= 4 is 52.4 Å². The van der Waals surface area contributed by atoms with Gasteiger partial charge in [0.25, 0.3) is 17.7 Å². The predicted molar refractivity (Wildman–Crippen MR) is 146 cm³/mol. The summed E-state index contributed by atoms with van der Waals surface area (Å²) in [5.41, 5.74) is 3.96. The number of halogens is 1. The van der Waals surface area contributed by atoms with Crippen LogP contribution in [0.25, 0.3) is 0 Å². The van der Waals surface area contributed by atoms with Gasteiger partial charge in [0.1, 0.15) is 10.7 Å². The molecule has 4 rings (SSSR count). The number of benzene rings is 3. The topological polar surface area (TPSA) is 105 Å². The Labute approximate surface area is 225 Å². The number of esters is 1. The standard InChI is InChI=1S/C29H26ClN3O5/c1-4-16-38-29(37)20-10-14-22(15-11-20)32-26(34)19-8-12-21(13-9-19)31-25-24(30)27(35)33(28(25)36)23-7-5-6-17(2)18(23)3/h5-15,31H,4,16H2,1-3H3,(H,32,34). The van der Waals surface area contributed by atoms with Crippen LogP contribution < -0.4 is 15.5 Å². The first-order valence-electron chi connectivity index (χ1n) is 12.0. The van der Waals surface area contributed by atoms with Gasteiger partial charge >= 0.3 is 5.97 Å². The molecule has 0 radical (unpaired) electrons. The van der Waals surface area contributed by atoms with E-state index in [0.29, 0.717) is 34.8 Å². The van der Waals surface area contributed by atoms with Gasteiger partial charge in [-0.15, -0.1) is 0 Å². The van der Waals surface area contributed by atoms with Crippen LogP contribution in [0.5, 0.6) is 0 Å². The molecule has 0 aliphatic carbocycles. The highest BCUT2D eigenvalue weighted by Crippen LogP contribution is 2.33. The maximum absolute atomic E-state index is 13.1. The number of anilines is 3. The van der Waals surface area contributed by atoms with Gasteiger partial charge in [-0.3, -0.25) is 14.4 Å². The Morgan fingerprint density at radius 1 is 0.868 bits per heavy atom. The number of carbonyl (C=O) groups excluding carboxylic acids is 4. The Hall–Kier alpha value is -4.43. The molecule has 0 saturated heterocycles. The largest absolute Gasteiger partial charge is 0.462 e. The van der Waals surface area contributed by atoms with Crippen molar-refractivity contribution in [2.75, 3.05) is 22.1 Å². The molecule has 0 unspecified atom stereocenters. The lowest BCUT2D eigenvalue weighted by Crippen LogP contribution is -2.33. The highest BCUT2D eigenvalue weighted by molar-refractivity contribution is 6.53. The average Bonchev–Trinajstić information content (AvgIpc) is 3.12. The summed E-state index contributed by atoms with van der Waals surface area (Å²) in [4.78, 5) is 51.6. The molecule has 1 heterocycles. The summed E-state index contributed by atoms with van der Waals surface area (Å²) in [7, 11) is 0. The van der Waals surface area contributed by atoms with Gasteiger partial charge in [-0.05, 0) is 86.0 Å². The van der Waals surface area contributed by atoms with Gasteiger partial charge in [-0.2, -0.15) is 0 Å². The fraction of sp³-hybridized carbons (Fsp3) is 0.172. The zero-order valence-electron chi connectivity index (χ0n) is 21.1. The van der Waals surface area contributed by atoms with Crippen molar-refractivity contribution < 1.29 is 23.9 Å². The second kappa shape index (κ2) is 11.3. The van der Waals surface area contributed by atoms with Crippen LogP contribution in [-0.4, -0.2) is 30.3 Å². The molecule has 3 aromatic rings. The fourth-order valence-electron chi connectivity index (χ4n) is 3.83. The number of imide groups is 1. The molecule has 3 amide bonds. The van der Waals surface area contributed by atoms with Crippen molar-refractivity contribution in [2.24, 2.45) is 0 Å². The number of hydrogen-bond donors (Lipinski definition) is 2. The third-order valence-corrected chi connectivity index (χ3v) is 6.43. The van der Waals surface area contributed by atoms with Crippen LogP contribution in [0.4, 0.5) is 17.1 Å². The van der Waals surface area contributed by atoms with E-state index in [9.17, 15) is 19.2 Å². The van der Waals surface area contributed by atoms with E-state index < -0.39 is 17.8 Å². The molecule has 38 heavy (non-hydrogen) atoms. The van der Waals surface area contributed by atoms with Crippen LogP contribution in [0.2, 0.25) is 0 Å². The van der Waals surface area contributed by atoms with Gasteiger partial charge in [0, 0.05) is 16.9 Å². The lowest BCUT2D eigenvalue weighted by atomic mass is 10.1. The van der Waals surface area contributed by atoms with Crippen LogP contribution in [0.1, 0.15) is 45.2 Å². The monoisotopic (exact) mass is 531 g/mol. The van der Waals surface area contributed by atoms with Crippen LogP contribution in [0.3, 0.4) is 0 Å². The minimum Gasteiger partial charge on any atom is -0.462 e. The number of ether oxygens (including phenoxy) is 1. The average molecular weight is 532 g/mol. The quantitative estimate of drug-likeness (QED) is 0.291. The number of rotatable bonds is 8. The molecule has 8 nitrogen and oxygen atoms in total. The smallest absolute Gasteiger partial charge is 0.338 e. The Morgan fingerprint density at radius 2 is 1.50 bits per heavy atom. The Balaban J connectivity index is 1.42. The van der Waals surface area contributed by atoms with Crippen LogP contribution in [0.15, 0.2) is 77.5 Å². The number of nitrogens with one attached hydrogen (secondary N) is 2. The fourth-order valence-corrected chi connectivity index (χ4v) is 4.04. The van der Waals surface area contributed by atoms with Gasteiger partial charge < -0.3 is 15.4 Å². The molecule has 0 fully saturated rings. The molecule has 1 aliphatic heterocycles. The Kier molecular flexibility index (Phi) is 7.93. The summed E-state index contributed by atoms with van der Waals surface area (Å²) >= 11 is 6.25. The summed E-state index contributed by atoms with van der Waals surface area (Å²) in [6, 6.07) is 18.1. The summed E-state index contributed by atoms with van der Waals surface area (Å²) < 4.78 is 5.10. The minimum atomic E-state index is -0.603. The van der Waals surface area contributed by atoms with Gasteiger partial charge in [0.2, 0.25) is 0 Å². The van der Waals surface area contributed by atoms with Crippen molar-refractivity contribution in [2.45, 2.75) is 27.2 Å². The van der Waals surface area contributed by atoms with E-state index in [2.05, 4.69) is 10.6 Å². The second-order valence-corrected chi connectivity index (χ2v) is 9.10. The normalized spacial score (nSPS) is 13.1. The van der Waals surface area contributed by atoms with E-state index >= 15 is 0 Å². The van der Waals surface area contributed by atoms with Gasteiger partial charge in [-0.1, -0.05) is 30.7 Å². The maximum Gasteiger partial charge on any atom is 0.338 e.